The summed E-state index contributed by atoms with van der Waals surface area (Å²) in [5, 5.41) is 0. The van der Waals surface area contributed by atoms with Crippen molar-refractivity contribution in [1.29, 1.82) is 0 Å². The Morgan fingerprint density at radius 3 is 2.50 bits per heavy atom. The molecule has 0 heterocycles. The van der Waals surface area contributed by atoms with Crippen molar-refractivity contribution in [2.45, 2.75) is 52.1 Å². The molecule has 0 amide bonds. The van der Waals surface area contributed by atoms with Gasteiger partial charge in [-0.3, -0.25) is 0 Å². The largest absolute Gasteiger partial charge is 0.326 e. The third-order valence-corrected chi connectivity index (χ3v) is 3.92. The average molecular weight is 198 g/mol. The molecule has 0 aromatic rings. The molecule has 1 saturated carbocycles. The average Bonchev–Trinajstić information content (AvgIpc) is 2.17. The highest BCUT2D eigenvalue weighted by atomic mass is 15.1. The lowest BCUT2D eigenvalue weighted by Gasteiger charge is -2.40. The van der Waals surface area contributed by atoms with Crippen LogP contribution >= 0.6 is 0 Å². The number of likely N-dealkylation sites (N-methyl/N-ethyl adjacent to an activating group) is 1. The molecule has 14 heavy (non-hydrogen) atoms. The van der Waals surface area contributed by atoms with Gasteiger partial charge in [-0.2, -0.15) is 0 Å². The molecule has 2 nitrogen and oxygen atoms in total. The molecule has 0 saturated heterocycles. The fraction of sp³-hybridized carbons (Fsp3) is 1.00. The van der Waals surface area contributed by atoms with Gasteiger partial charge in [0.25, 0.3) is 0 Å². The van der Waals surface area contributed by atoms with E-state index in [9.17, 15) is 0 Å². The van der Waals surface area contributed by atoms with Crippen molar-refractivity contribution in [2.24, 2.45) is 17.6 Å². The van der Waals surface area contributed by atoms with Gasteiger partial charge in [-0.15, -0.1) is 0 Å². The van der Waals surface area contributed by atoms with E-state index in [0.717, 1.165) is 18.4 Å². The predicted octanol–water partition coefficient (Wildman–Crippen LogP) is 2.09. The number of hydrogen-bond donors (Lipinski definition) is 1. The Hall–Kier alpha value is -0.0800. The molecule has 1 aliphatic rings. The summed E-state index contributed by atoms with van der Waals surface area (Å²) in [6.07, 6.45) is 3.83. The van der Waals surface area contributed by atoms with E-state index in [1.54, 1.807) is 0 Å². The van der Waals surface area contributed by atoms with E-state index in [4.69, 9.17) is 5.73 Å². The second-order valence-corrected chi connectivity index (χ2v) is 5.12. The van der Waals surface area contributed by atoms with Gasteiger partial charge in [0.2, 0.25) is 0 Å². The first-order chi connectivity index (χ1) is 6.56. The van der Waals surface area contributed by atoms with Crippen LogP contribution in [-0.2, 0) is 0 Å². The van der Waals surface area contributed by atoms with Crippen molar-refractivity contribution in [1.82, 2.24) is 4.90 Å². The molecule has 0 radical (unpaired) electrons. The van der Waals surface area contributed by atoms with Gasteiger partial charge in [0.15, 0.2) is 0 Å². The third-order valence-electron chi connectivity index (χ3n) is 3.92. The van der Waals surface area contributed by atoms with Crippen LogP contribution in [0.25, 0.3) is 0 Å². The van der Waals surface area contributed by atoms with Gasteiger partial charge in [-0.25, -0.2) is 0 Å². The van der Waals surface area contributed by atoms with Gasteiger partial charge in [-0.1, -0.05) is 20.8 Å². The van der Waals surface area contributed by atoms with Crippen molar-refractivity contribution in [2.75, 3.05) is 13.6 Å². The number of nitrogens with zero attached hydrogens (tertiary/aromatic N) is 1. The molecule has 0 aliphatic heterocycles. The van der Waals surface area contributed by atoms with E-state index in [1.165, 1.54) is 19.3 Å². The molecule has 0 spiro atoms. The minimum atomic E-state index is 0.398. The van der Waals surface area contributed by atoms with E-state index < -0.39 is 0 Å². The van der Waals surface area contributed by atoms with Crippen molar-refractivity contribution in [3.05, 3.63) is 0 Å². The van der Waals surface area contributed by atoms with Crippen molar-refractivity contribution < 1.29 is 0 Å². The third kappa shape index (κ3) is 2.71. The normalized spacial score (nSPS) is 34.1. The Morgan fingerprint density at radius 2 is 2.00 bits per heavy atom. The van der Waals surface area contributed by atoms with E-state index in [1.807, 2.05) is 0 Å². The van der Waals surface area contributed by atoms with Crippen LogP contribution in [0.1, 0.15) is 40.0 Å². The first-order valence-electron chi connectivity index (χ1n) is 6.02. The van der Waals surface area contributed by atoms with E-state index in [-0.39, 0.29) is 0 Å². The minimum absolute atomic E-state index is 0.398. The SMILES string of the molecule is CCN(C)C1CC(C(C)C)CCC1N. The minimum Gasteiger partial charge on any atom is -0.326 e. The topological polar surface area (TPSA) is 29.3 Å². The van der Waals surface area contributed by atoms with Crippen LogP contribution in [0.2, 0.25) is 0 Å². The summed E-state index contributed by atoms with van der Waals surface area (Å²) in [4.78, 5) is 2.42. The Labute approximate surface area is 88.8 Å². The molecule has 3 atom stereocenters. The Balaban J connectivity index is 2.55. The quantitative estimate of drug-likeness (QED) is 0.752. The lowest BCUT2D eigenvalue weighted by molar-refractivity contribution is 0.122. The van der Waals surface area contributed by atoms with Gasteiger partial charge in [0.1, 0.15) is 0 Å². The molecule has 0 aromatic heterocycles. The highest BCUT2D eigenvalue weighted by molar-refractivity contribution is 4.88. The smallest absolute Gasteiger partial charge is 0.0246 e. The zero-order chi connectivity index (χ0) is 10.7. The summed E-state index contributed by atoms with van der Waals surface area (Å²) in [6.45, 7) is 8.00. The standard InChI is InChI=1S/C12H26N2/c1-5-14(4)12-8-10(9(2)3)6-7-11(12)13/h9-12H,5-8,13H2,1-4H3. The molecular weight excluding hydrogens is 172 g/mol. The molecule has 1 aliphatic carbocycles. The fourth-order valence-electron chi connectivity index (χ4n) is 2.55. The highest BCUT2D eigenvalue weighted by Gasteiger charge is 2.31. The maximum absolute atomic E-state index is 6.18. The van der Waals surface area contributed by atoms with Crippen LogP contribution < -0.4 is 5.73 Å². The van der Waals surface area contributed by atoms with Gasteiger partial charge in [-0.05, 0) is 44.7 Å². The molecule has 84 valence electrons. The van der Waals surface area contributed by atoms with Gasteiger partial charge >= 0.3 is 0 Å². The molecular formula is C12H26N2. The van der Waals surface area contributed by atoms with Gasteiger partial charge in [0, 0.05) is 12.1 Å². The van der Waals surface area contributed by atoms with Crippen LogP contribution in [0.4, 0.5) is 0 Å². The van der Waals surface area contributed by atoms with Crippen LogP contribution in [0.5, 0.6) is 0 Å². The summed E-state index contributed by atoms with van der Waals surface area (Å²) in [5.41, 5.74) is 6.18. The Kier molecular flexibility index (Phi) is 4.39. The monoisotopic (exact) mass is 198 g/mol. The highest BCUT2D eigenvalue weighted by Crippen LogP contribution is 2.31. The molecule has 1 fully saturated rings. The van der Waals surface area contributed by atoms with Gasteiger partial charge < -0.3 is 10.6 Å². The Bertz CT molecular complexity index is 164. The van der Waals surface area contributed by atoms with Crippen molar-refractivity contribution in [3.63, 3.8) is 0 Å². The maximum Gasteiger partial charge on any atom is 0.0246 e. The lowest BCUT2D eigenvalue weighted by atomic mass is 9.77. The predicted molar refractivity (Wildman–Crippen MR) is 62.2 cm³/mol. The first-order valence-corrected chi connectivity index (χ1v) is 6.02. The molecule has 0 aromatic carbocycles. The van der Waals surface area contributed by atoms with E-state index in [0.29, 0.717) is 12.1 Å². The summed E-state index contributed by atoms with van der Waals surface area (Å²) in [7, 11) is 2.20. The fourth-order valence-corrected chi connectivity index (χ4v) is 2.55. The molecule has 1 rings (SSSR count). The summed E-state index contributed by atoms with van der Waals surface area (Å²) in [6, 6.07) is 1.01. The van der Waals surface area contributed by atoms with Crippen LogP contribution in [0, 0.1) is 11.8 Å². The summed E-state index contributed by atoms with van der Waals surface area (Å²) >= 11 is 0. The first kappa shape index (κ1) is 12.0. The van der Waals surface area contributed by atoms with Crippen LogP contribution in [0.15, 0.2) is 0 Å². The summed E-state index contributed by atoms with van der Waals surface area (Å²) in [5.74, 6) is 1.70. The zero-order valence-corrected chi connectivity index (χ0v) is 10.2. The van der Waals surface area contributed by atoms with Crippen molar-refractivity contribution >= 4 is 0 Å². The zero-order valence-electron chi connectivity index (χ0n) is 10.2. The summed E-state index contributed by atoms with van der Waals surface area (Å²) < 4.78 is 0. The Morgan fingerprint density at radius 1 is 1.36 bits per heavy atom. The van der Waals surface area contributed by atoms with Gasteiger partial charge in [0.05, 0.1) is 0 Å². The second kappa shape index (κ2) is 5.13. The molecule has 0 bridgehead atoms. The molecule has 2 N–H and O–H groups in total. The van der Waals surface area contributed by atoms with E-state index >= 15 is 0 Å². The van der Waals surface area contributed by atoms with Crippen molar-refractivity contribution in [3.8, 4) is 0 Å². The number of hydrogen-bond acceptors (Lipinski definition) is 2. The van der Waals surface area contributed by atoms with E-state index in [2.05, 4.69) is 32.7 Å². The number of nitrogens with two attached hydrogens (primary N) is 1. The van der Waals surface area contributed by atoms with Crippen LogP contribution in [0.3, 0.4) is 0 Å². The molecule has 3 unspecified atom stereocenters. The van der Waals surface area contributed by atoms with Crippen LogP contribution in [-0.4, -0.2) is 30.6 Å². The maximum atomic E-state index is 6.18. The molecule has 2 heteroatoms. The number of rotatable bonds is 3. The lowest BCUT2D eigenvalue weighted by Crippen LogP contribution is -2.50. The second-order valence-electron chi connectivity index (χ2n) is 5.12.